The van der Waals surface area contributed by atoms with Gasteiger partial charge in [0.2, 0.25) is 0 Å². The molecule has 0 fully saturated rings. The molecule has 0 amide bonds. The Morgan fingerprint density at radius 3 is 2.86 bits per heavy atom. The van der Waals surface area contributed by atoms with Crippen molar-refractivity contribution in [1.29, 1.82) is 0 Å². The molecule has 0 aliphatic carbocycles. The summed E-state index contributed by atoms with van der Waals surface area (Å²) in [5, 5.41) is 1.09. The largest absolute Gasteiger partial charge is 0.398 e. The van der Waals surface area contributed by atoms with Crippen LogP contribution in [0, 0.1) is 0 Å². The summed E-state index contributed by atoms with van der Waals surface area (Å²) in [5.74, 6) is 0. The van der Waals surface area contributed by atoms with Gasteiger partial charge >= 0.3 is 0 Å². The molecule has 0 saturated heterocycles. The van der Waals surface area contributed by atoms with Crippen LogP contribution in [0.3, 0.4) is 0 Å². The molecular formula is C10H9NOS2. The molecule has 0 bridgehead atoms. The molecule has 0 saturated carbocycles. The number of nitrogens with two attached hydrogens (primary N) is 1. The van der Waals surface area contributed by atoms with Gasteiger partial charge in [-0.05, 0) is 29.8 Å². The lowest BCUT2D eigenvalue weighted by Gasteiger charge is -2.01. The van der Waals surface area contributed by atoms with Crippen LogP contribution in [0.2, 0.25) is 0 Å². The van der Waals surface area contributed by atoms with E-state index < -0.39 is 0 Å². The van der Waals surface area contributed by atoms with E-state index in [-0.39, 0.29) is 0 Å². The molecule has 0 radical (unpaired) electrons. The molecule has 1 heterocycles. The van der Waals surface area contributed by atoms with Gasteiger partial charge in [-0.1, -0.05) is 0 Å². The highest BCUT2D eigenvalue weighted by Crippen LogP contribution is 2.32. The van der Waals surface area contributed by atoms with Crippen molar-refractivity contribution in [2.24, 2.45) is 0 Å². The number of anilines is 1. The Labute approximate surface area is 90.1 Å². The van der Waals surface area contributed by atoms with E-state index in [1.54, 1.807) is 11.8 Å². The molecule has 0 spiro atoms. The van der Waals surface area contributed by atoms with E-state index >= 15 is 0 Å². The first-order valence-corrected chi connectivity index (χ1v) is 6.11. The quantitative estimate of drug-likeness (QED) is 0.483. The SMILES string of the molecule is CSc1cc2cc(C=O)sc2cc1N. The number of thioether (sulfide) groups is 1. The summed E-state index contributed by atoms with van der Waals surface area (Å²) in [6.07, 6.45) is 2.87. The number of fused-ring (bicyclic) bond motifs is 1. The number of hydrogen-bond donors (Lipinski definition) is 1. The van der Waals surface area contributed by atoms with Gasteiger partial charge in [-0.3, -0.25) is 4.79 Å². The van der Waals surface area contributed by atoms with Gasteiger partial charge in [0.1, 0.15) is 0 Å². The van der Waals surface area contributed by atoms with Crippen LogP contribution in [0.1, 0.15) is 9.67 Å². The van der Waals surface area contributed by atoms with Crippen LogP contribution in [0.5, 0.6) is 0 Å². The van der Waals surface area contributed by atoms with Crippen LogP contribution in [0.4, 0.5) is 5.69 Å². The second kappa shape index (κ2) is 3.63. The maximum Gasteiger partial charge on any atom is 0.160 e. The molecular weight excluding hydrogens is 214 g/mol. The number of thiophene rings is 1. The van der Waals surface area contributed by atoms with Crippen LogP contribution < -0.4 is 5.73 Å². The highest BCUT2D eigenvalue weighted by Gasteiger charge is 2.04. The Morgan fingerprint density at radius 2 is 2.21 bits per heavy atom. The Morgan fingerprint density at radius 1 is 1.43 bits per heavy atom. The van der Waals surface area contributed by atoms with E-state index in [1.807, 2.05) is 24.5 Å². The second-order valence-electron chi connectivity index (χ2n) is 2.90. The summed E-state index contributed by atoms with van der Waals surface area (Å²) >= 11 is 3.09. The average Bonchev–Trinajstić information content (AvgIpc) is 2.58. The molecule has 2 rings (SSSR count). The van der Waals surface area contributed by atoms with Crippen LogP contribution >= 0.6 is 23.1 Å². The zero-order valence-electron chi connectivity index (χ0n) is 7.61. The first-order valence-electron chi connectivity index (χ1n) is 4.07. The van der Waals surface area contributed by atoms with Crippen molar-refractivity contribution in [3.05, 3.63) is 23.1 Å². The Kier molecular flexibility index (Phi) is 2.48. The molecule has 4 heteroatoms. The molecule has 2 N–H and O–H groups in total. The fraction of sp³-hybridized carbons (Fsp3) is 0.100. The van der Waals surface area contributed by atoms with Gasteiger partial charge in [0.15, 0.2) is 6.29 Å². The van der Waals surface area contributed by atoms with Crippen molar-refractivity contribution in [2.45, 2.75) is 4.90 Å². The van der Waals surface area contributed by atoms with E-state index in [0.717, 1.165) is 31.8 Å². The normalized spacial score (nSPS) is 10.6. The minimum atomic E-state index is 0.748. The number of nitrogen functional groups attached to an aromatic ring is 1. The van der Waals surface area contributed by atoms with Crippen molar-refractivity contribution < 1.29 is 4.79 Å². The van der Waals surface area contributed by atoms with E-state index in [4.69, 9.17) is 5.73 Å². The lowest BCUT2D eigenvalue weighted by molar-refractivity contribution is 0.112. The van der Waals surface area contributed by atoms with Crippen LogP contribution in [-0.2, 0) is 0 Å². The predicted molar refractivity (Wildman–Crippen MR) is 63.4 cm³/mol. The fourth-order valence-electron chi connectivity index (χ4n) is 1.34. The summed E-state index contributed by atoms with van der Waals surface area (Å²) in [5.41, 5.74) is 6.63. The van der Waals surface area contributed by atoms with Crippen molar-refractivity contribution in [3.8, 4) is 0 Å². The standard InChI is InChI=1S/C10H9NOS2/c1-13-10-3-6-2-7(5-12)14-9(6)4-8(10)11/h2-5H,11H2,1H3. The van der Waals surface area contributed by atoms with Gasteiger partial charge < -0.3 is 5.73 Å². The lowest BCUT2D eigenvalue weighted by atomic mass is 10.2. The number of rotatable bonds is 2. The molecule has 0 unspecified atom stereocenters. The zero-order valence-corrected chi connectivity index (χ0v) is 9.24. The minimum Gasteiger partial charge on any atom is -0.398 e. The van der Waals surface area contributed by atoms with E-state index in [2.05, 4.69) is 0 Å². The van der Waals surface area contributed by atoms with Crippen molar-refractivity contribution >= 4 is 45.2 Å². The molecule has 0 aliphatic heterocycles. The van der Waals surface area contributed by atoms with Crippen molar-refractivity contribution in [1.82, 2.24) is 0 Å². The third-order valence-corrected chi connectivity index (χ3v) is 3.82. The highest BCUT2D eigenvalue weighted by atomic mass is 32.2. The summed E-state index contributed by atoms with van der Waals surface area (Å²) < 4.78 is 1.07. The Balaban J connectivity index is 2.69. The van der Waals surface area contributed by atoms with Crippen molar-refractivity contribution in [3.63, 3.8) is 0 Å². The molecule has 0 atom stereocenters. The number of carbonyl (C=O) groups is 1. The van der Waals surface area contributed by atoms with Gasteiger partial charge in [-0.2, -0.15) is 0 Å². The minimum absolute atomic E-state index is 0.748. The average molecular weight is 223 g/mol. The summed E-state index contributed by atoms with van der Waals surface area (Å²) in [7, 11) is 0. The zero-order chi connectivity index (χ0) is 10.1. The maximum absolute atomic E-state index is 10.6. The van der Waals surface area contributed by atoms with Gasteiger partial charge in [-0.15, -0.1) is 23.1 Å². The lowest BCUT2D eigenvalue weighted by Crippen LogP contribution is -1.86. The number of benzene rings is 1. The number of aldehydes is 1. The first-order chi connectivity index (χ1) is 6.74. The van der Waals surface area contributed by atoms with Gasteiger partial charge in [0.25, 0.3) is 0 Å². The molecule has 14 heavy (non-hydrogen) atoms. The van der Waals surface area contributed by atoms with Gasteiger partial charge in [0, 0.05) is 15.3 Å². The maximum atomic E-state index is 10.6. The summed E-state index contributed by atoms with van der Waals surface area (Å²) in [6.45, 7) is 0. The number of hydrogen-bond acceptors (Lipinski definition) is 4. The first kappa shape index (κ1) is 9.55. The summed E-state index contributed by atoms with van der Waals surface area (Å²) in [6, 6.07) is 5.85. The highest BCUT2D eigenvalue weighted by molar-refractivity contribution is 7.98. The third kappa shape index (κ3) is 1.51. The smallest absolute Gasteiger partial charge is 0.160 e. The van der Waals surface area contributed by atoms with Crippen molar-refractivity contribution in [2.75, 3.05) is 12.0 Å². The number of carbonyl (C=O) groups excluding carboxylic acids is 1. The molecule has 1 aromatic heterocycles. The van der Waals surface area contributed by atoms with Crippen LogP contribution in [0.15, 0.2) is 23.1 Å². The molecule has 2 aromatic rings. The molecule has 0 aliphatic rings. The van der Waals surface area contributed by atoms with Gasteiger partial charge in [-0.25, -0.2) is 0 Å². The van der Waals surface area contributed by atoms with Crippen LogP contribution in [-0.4, -0.2) is 12.5 Å². The Bertz CT molecular complexity index is 490. The second-order valence-corrected chi connectivity index (χ2v) is 4.86. The molecule has 72 valence electrons. The fourth-order valence-corrected chi connectivity index (χ4v) is 2.79. The monoisotopic (exact) mass is 223 g/mol. The molecule has 1 aromatic carbocycles. The summed E-state index contributed by atoms with van der Waals surface area (Å²) in [4.78, 5) is 12.4. The molecule has 2 nitrogen and oxygen atoms in total. The Hall–Kier alpha value is -1.00. The predicted octanol–water partition coefficient (Wildman–Crippen LogP) is 3.02. The van der Waals surface area contributed by atoms with E-state index in [0.29, 0.717) is 0 Å². The van der Waals surface area contributed by atoms with E-state index in [1.165, 1.54) is 11.3 Å². The van der Waals surface area contributed by atoms with Crippen LogP contribution in [0.25, 0.3) is 10.1 Å². The van der Waals surface area contributed by atoms with E-state index in [9.17, 15) is 4.79 Å². The topological polar surface area (TPSA) is 43.1 Å². The van der Waals surface area contributed by atoms with Gasteiger partial charge in [0.05, 0.1) is 4.88 Å². The third-order valence-electron chi connectivity index (χ3n) is 2.00.